The van der Waals surface area contributed by atoms with Crippen molar-refractivity contribution in [2.75, 3.05) is 12.9 Å². The van der Waals surface area contributed by atoms with Gasteiger partial charge in [0.15, 0.2) is 0 Å². The molecule has 0 radical (unpaired) electrons. The number of methoxy groups -OCH3 is 1. The van der Waals surface area contributed by atoms with Gasteiger partial charge in [-0.25, -0.2) is 0 Å². The van der Waals surface area contributed by atoms with E-state index in [1.165, 1.54) is 24.4 Å². The maximum absolute atomic E-state index is 11.1. The van der Waals surface area contributed by atoms with Crippen LogP contribution in [-0.2, 0) is 9.53 Å². The Morgan fingerprint density at radius 3 is 2.47 bits per heavy atom. The van der Waals surface area contributed by atoms with E-state index in [0.29, 0.717) is 5.75 Å². The van der Waals surface area contributed by atoms with E-state index < -0.39 is 0 Å². The summed E-state index contributed by atoms with van der Waals surface area (Å²) in [6.45, 7) is 4.00. The minimum absolute atomic E-state index is 0.00707. The minimum Gasteiger partial charge on any atom is -0.468 e. The molecule has 94 valence electrons. The van der Waals surface area contributed by atoms with Gasteiger partial charge in [0, 0.05) is 11.3 Å². The molecule has 0 aliphatic heterocycles. The van der Waals surface area contributed by atoms with Crippen LogP contribution in [0.4, 0.5) is 0 Å². The molecule has 0 aliphatic carbocycles. The lowest BCUT2D eigenvalue weighted by Gasteiger charge is -2.20. The molecule has 2 atom stereocenters. The number of carbonyl (C=O) groups excluding carboxylic acids is 1. The molecule has 0 aliphatic rings. The molecular formula is C13H19NO2S. The Hall–Kier alpha value is -1.00. The maximum atomic E-state index is 11.1. The fourth-order valence-electron chi connectivity index (χ4n) is 1.52. The van der Waals surface area contributed by atoms with E-state index in [1.807, 2.05) is 13.8 Å². The Morgan fingerprint density at radius 1 is 1.41 bits per heavy atom. The second-order valence-electron chi connectivity index (χ2n) is 4.08. The van der Waals surface area contributed by atoms with Gasteiger partial charge in [0.1, 0.15) is 0 Å². The van der Waals surface area contributed by atoms with Gasteiger partial charge in [-0.1, -0.05) is 29.8 Å². The topological polar surface area (TPSA) is 52.3 Å². The van der Waals surface area contributed by atoms with Crippen LogP contribution >= 0.6 is 11.8 Å². The summed E-state index contributed by atoms with van der Waals surface area (Å²) in [5.74, 6) is 0.115. The number of hydrogen-bond acceptors (Lipinski definition) is 4. The van der Waals surface area contributed by atoms with Crippen molar-refractivity contribution in [3.8, 4) is 0 Å². The fourth-order valence-corrected chi connectivity index (χ4v) is 2.61. The summed E-state index contributed by atoms with van der Waals surface area (Å²) in [4.78, 5) is 11.1. The van der Waals surface area contributed by atoms with Crippen LogP contribution in [0.5, 0.6) is 0 Å². The highest BCUT2D eigenvalue weighted by Crippen LogP contribution is 2.31. The summed E-state index contributed by atoms with van der Waals surface area (Å²) in [6, 6.07) is 8.24. The lowest BCUT2D eigenvalue weighted by molar-refractivity contribution is -0.137. The zero-order valence-corrected chi connectivity index (χ0v) is 11.3. The summed E-state index contributed by atoms with van der Waals surface area (Å²) >= 11 is 1.52. The number of carbonyl (C=O) groups is 1. The first kappa shape index (κ1) is 14.1. The molecule has 4 heteroatoms. The Kier molecular flexibility index (Phi) is 5.51. The van der Waals surface area contributed by atoms with Crippen molar-refractivity contribution in [2.45, 2.75) is 25.1 Å². The number of nitrogens with two attached hydrogens (primary N) is 1. The highest BCUT2D eigenvalue weighted by Gasteiger charge is 2.18. The number of ether oxygens (including phenoxy) is 1. The molecule has 2 unspecified atom stereocenters. The lowest BCUT2D eigenvalue weighted by atomic mass is 10.1. The number of esters is 1. The molecule has 0 fully saturated rings. The average molecular weight is 253 g/mol. The van der Waals surface area contributed by atoms with Gasteiger partial charge >= 0.3 is 5.97 Å². The van der Waals surface area contributed by atoms with E-state index in [2.05, 4.69) is 29.0 Å². The SMILES string of the molecule is COC(=O)CSC(c1ccc(C)cc1)C(C)N. The number of aryl methyl sites for hydroxylation is 1. The fraction of sp³-hybridized carbons (Fsp3) is 0.462. The van der Waals surface area contributed by atoms with Crippen molar-refractivity contribution >= 4 is 17.7 Å². The van der Waals surface area contributed by atoms with E-state index in [9.17, 15) is 4.79 Å². The van der Waals surface area contributed by atoms with Gasteiger partial charge in [0.2, 0.25) is 0 Å². The first-order chi connectivity index (χ1) is 8.04. The summed E-state index contributed by atoms with van der Waals surface area (Å²) in [7, 11) is 1.40. The molecule has 17 heavy (non-hydrogen) atoms. The van der Waals surface area contributed by atoms with Crippen molar-refractivity contribution in [1.29, 1.82) is 0 Å². The lowest BCUT2D eigenvalue weighted by Crippen LogP contribution is -2.23. The highest BCUT2D eigenvalue weighted by atomic mass is 32.2. The zero-order valence-electron chi connectivity index (χ0n) is 10.5. The van der Waals surface area contributed by atoms with Gasteiger partial charge in [-0.3, -0.25) is 4.79 Å². The van der Waals surface area contributed by atoms with Crippen LogP contribution in [0.2, 0.25) is 0 Å². The minimum atomic E-state index is -0.215. The number of rotatable bonds is 5. The largest absolute Gasteiger partial charge is 0.468 e. The standard InChI is InChI=1S/C13H19NO2S/c1-9-4-6-11(7-5-9)13(10(2)14)17-8-12(15)16-3/h4-7,10,13H,8,14H2,1-3H3. The molecule has 0 amide bonds. The Bertz CT molecular complexity index is 362. The van der Waals surface area contributed by atoms with Crippen LogP contribution in [0.1, 0.15) is 23.3 Å². The van der Waals surface area contributed by atoms with Crippen LogP contribution in [-0.4, -0.2) is 24.9 Å². The summed E-state index contributed by atoms with van der Waals surface area (Å²) < 4.78 is 4.63. The Labute approximate surface area is 107 Å². The third kappa shape index (κ3) is 4.40. The first-order valence-corrected chi connectivity index (χ1v) is 6.60. The molecule has 1 aromatic rings. The summed E-state index contributed by atoms with van der Waals surface area (Å²) in [5, 5.41) is 0.120. The van der Waals surface area contributed by atoms with E-state index in [4.69, 9.17) is 5.73 Å². The van der Waals surface area contributed by atoms with Crippen LogP contribution in [0.25, 0.3) is 0 Å². The van der Waals surface area contributed by atoms with Crippen molar-refractivity contribution in [2.24, 2.45) is 5.73 Å². The van der Waals surface area contributed by atoms with E-state index >= 15 is 0 Å². The molecule has 0 heterocycles. The van der Waals surface area contributed by atoms with Gasteiger partial charge in [-0.2, -0.15) is 0 Å². The quantitative estimate of drug-likeness (QED) is 0.818. The molecule has 0 aromatic heterocycles. The van der Waals surface area contributed by atoms with E-state index in [0.717, 1.165) is 5.56 Å². The maximum Gasteiger partial charge on any atom is 0.315 e. The molecule has 0 spiro atoms. The van der Waals surface area contributed by atoms with Crippen molar-refractivity contribution in [3.05, 3.63) is 35.4 Å². The van der Waals surface area contributed by atoms with Gasteiger partial charge in [-0.15, -0.1) is 11.8 Å². The number of thioether (sulfide) groups is 1. The second-order valence-corrected chi connectivity index (χ2v) is 5.21. The van der Waals surface area contributed by atoms with Crippen LogP contribution < -0.4 is 5.73 Å². The third-order valence-corrected chi connectivity index (χ3v) is 3.95. The number of benzene rings is 1. The van der Waals surface area contributed by atoms with Gasteiger partial charge in [0.05, 0.1) is 12.9 Å². The number of hydrogen-bond donors (Lipinski definition) is 1. The molecule has 3 nitrogen and oxygen atoms in total. The summed E-state index contributed by atoms with van der Waals surface area (Å²) in [5.41, 5.74) is 8.33. The Morgan fingerprint density at radius 2 is 2.00 bits per heavy atom. The highest BCUT2D eigenvalue weighted by molar-refractivity contribution is 8.00. The van der Waals surface area contributed by atoms with Crippen LogP contribution in [0.3, 0.4) is 0 Å². The van der Waals surface area contributed by atoms with Crippen LogP contribution in [0.15, 0.2) is 24.3 Å². The first-order valence-electron chi connectivity index (χ1n) is 5.55. The molecule has 0 bridgehead atoms. The smallest absolute Gasteiger partial charge is 0.315 e. The molecule has 2 N–H and O–H groups in total. The van der Waals surface area contributed by atoms with Gasteiger partial charge < -0.3 is 10.5 Å². The average Bonchev–Trinajstić information content (AvgIpc) is 2.31. The second kappa shape index (κ2) is 6.67. The monoisotopic (exact) mass is 253 g/mol. The Balaban J connectivity index is 2.72. The van der Waals surface area contributed by atoms with E-state index in [1.54, 1.807) is 0 Å². The van der Waals surface area contributed by atoms with Gasteiger partial charge in [0.25, 0.3) is 0 Å². The predicted molar refractivity (Wildman–Crippen MR) is 72.0 cm³/mol. The van der Waals surface area contributed by atoms with Crippen molar-refractivity contribution < 1.29 is 9.53 Å². The van der Waals surface area contributed by atoms with Gasteiger partial charge in [-0.05, 0) is 19.4 Å². The van der Waals surface area contributed by atoms with Crippen LogP contribution in [0, 0.1) is 6.92 Å². The van der Waals surface area contributed by atoms with E-state index in [-0.39, 0.29) is 17.3 Å². The predicted octanol–water partition coefficient (Wildman–Crippen LogP) is 2.29. The molecule has 0 saturated carbocycles. The molecular weight excluding hydrogens is 234 g/mol. The van der Waals surface area contributed by atoms with Crippen molar-refractivity contribution in [1.82, 2.24) is 0 Å². The summed E-state index contributed by atoms with van der Waals surface area (Å²) in [6.07, 6.45) is 0. The normalized spacial score (nSPS) is 14.1. The molecule has 0 saturated heterocycles. The van der Waals surface area contributed by atoms with Crippen molar-refractivity contribution in [3.63, 3.8) is 0 Å². The molecule has 1 aromatic carbocycles. The molecule has 1 rings (SSSR count). The zero-order chi connectivity index (χ0) is 12.8. The third-order valence-electron chi connectivity index (χ3n) is 2.49.